The van der Waals surface area contributed by atoms with Crippen LogP contribution in [0, 0.1) is 25.2 Å². The van der Waals surface area contributed by atoms with Gasteiger partial charge in [-0.3, -0.25) is 14.5 Å². The van der Waals surface area contributed by atoms with E-state index in [1.54, 1.807) is 0 Å². The molecule has 3 aromatic rings. The summed E-state index contributed by atoms with van der Waals surface area (Å²) in [7, 11) is 0. The molecule has 1 fully saturated rings. The summed E-state index contributed by atoms with van der Waals surface area (Å²) in [6.45, 7) is 4.29. The average Bonchev–Trinajstić information content (AvgIpc) is 3.16. The molecule has 1 aliphatic rings. The van der Waals surface area contributed by atoms with E-state index in [2.05, 4.69) is 11.4 Å². The van der Waals surface area contributed by atoms with Gasteiger partial charge in [-0.05, 0) is 49.1 Å². The van der Waals surface area contributed by atoms with Crippen molar-refractivity contribution in [2.24, 2.45) is 0 Å². The molecule has 5 nitrogen and oxygen atoms in total. The Bertz CT molecular complexity index is 1280. The second kappa shape index (κ2) is 10.4. The summed E-state index contributed by atoms with van der Waals surface area (Å²) in [5.74, 6) is -0.619. The molecule has 0 aromatic heterocycles. The Morgan fingerprint density at radius 2 is 1.68 bits per heavy atom. The molecular formula is C28H25N3O2S. The van der Waals surface area contributed by atoms with E-state index in [0.29, 0.717) is 23.7 Å². The van der Waals surface area contributed by atoms with Gasteiger partial charge in [-0.2, -0.15) is 5.26 Å². The van der Waals surface area contributed by atoms with Gasteiger partial charge in [0, 0.05) is 12.2 Å². The summed E-state index contributed by atoms with van der Waals surface area (Å²) in [5, 5.41) is 12.7. The molecule has 6 heteroatoms. The van der Waals surface area contributed by atoms with E-state index in [1.165, 1.54) is 16.7 Å². The Hall–Kier alpha value is -3.82. The van der Waals surface area contributed by atoms with Crippen LogP contribution in [0.1, 0.15) is 22.3 Å². The molecule has 1 heterocycles. The highest BCUT2D eigenvalue weighted by atomic mass is 32.2. The summed E-state index contributed by atoms with van der Waals surface area (Å²) in [6.07, 6.45) is 0.520. The summed E-state index contributed by atoms with van der Waals surface area (Å²) in [6, 6.07) is 27.1. The lowest BCUT2D eigenvalue weighted by Gasteiger charge is -2.19. The lowest BCUT2D eigenvalue weighted by Crippen LogP contribution is -2.32. The van der Waals surface area contributed by atoms with Crippen molar-refractivity contribution >= 4 is 29.3 Å². The number of hydrogen-bond acceptors (Lipinski definition) is 4. The minimum absolute atomic E-state index is 0.0536. The lowest BCUT2D eigenvalue weighted by molar-refractivity contribution is -0.117. The van der Waals surface area contributed by atoms with Crippen molar-refractivity contribution in [2.75, 3.05) is 4.90 Å². The van der Waals surface area contributed by atoms with Gasteiger partial charge in [0.05, 0.1) is 5.25 Å². The van der Waals surface area contributed by atoms with E-state index in [9.17, 15) is 14.9 Å². The Morgan fingerprint density at radius 3 is 2.35 bits per heavy atom. The van der Waals surface area contributed by atoms with Gasteiger partial charge in [-0.25, -0.2) is 0 Å². The number of hydrogen-bond donors (Lipinski definition) is 1. The number of nitrogens with zero attached hydrogens (tertiary/aromatic N) is 2. The van der Waals surface area contributed by atoms with Crippen molar-refractivity contribution in [3.63, 3.8) is 0 Å². The predicted molar refractivity (Wildman–Crippen MR) is 136 cm³/mol. The normalized spacial score (nSPS) is 16.8. The molecule has 0 bridgehead atoms. The fraction of sp³-hybridized carbons (Fsp3) is 0.179. The Labute approximate surface area is 204 Å². The lowest BCUT2D eigenvalue weighted by atomic mass is 10.0. The average molecular weight is 468 g/mol. The molecule has 0 saturated carbocycles. The number of thioether (sulfide) groups is 1. The van der Waals surface area contributed by atoms with E-state index in [1.807, 2.05) is 92.7 Å². The van der Waals surface area contributed by atoms with Crippen LogP contribution in [0.3, 0.4) is 0 Å². The van der Waals surface area contributed by atoms with Crippen LogP contribution in [-0.2, 0) is 22.6 Å². The SMILES string of the molecule is Cc1ccc(N2C(=O)[C@@H](Cc3ccccc3C)S/C2=C(/C#N)C(=O)NCc2ccccc2)cc1. The van der Waals surface area contributed by atoms with Crippen molar-refractivity contribution in [3.8, 4) is 6.07 Å². The molecule has 170 valence electrons. The van der Waals surface area contributed by atoms with E-state index in [4.69, 9.17) is 0 Å². The highest BCUT2D eigenvalue weighted by Gasteiger charge is 2.40. The first-order valence-corrected chi connectivity index (χ1v) is 11.9. The molecule has 3 aromatic carbocycles. The molecule has 0 unspecified atom stereocenters. The standard InChI is InChI=1S/C28H25N3O2S/c1-19-12-14-23(15-13-19)31-27(33)25(16-22-11-7-6-8-20(22)2)34-28(31)24(17-29)26(32)30-18-21-9-4-3-5-10-21/h3-15,25H,16,18H2,1-2H3,(H,30,32)/b28-24-/t25-/m1/s1. The number of carbonyl (C=O) groups is 2. The molecule has 1 N–H and O–H groups in total. The van der Waals surface area contributed by atoms with Gasteiger partial charge in [-0.15, -0.1) is 0 Å². The zero-order valence-electron chi connectivity index (χ0n) is 19.1. The largest absolute Gasteiger partial charge is 0.347 e. The molecule has 0 spiro atoms. The van der Waals surface area contributed by atoms with Crippen LogP contribution >= 0.6 is 11.8 Å². The van der Waals surface area contributed by atoms with Crippen molar-refractivity contribution in [1.82, 2.24) is 5.32 Å². The second-order valence-corrected chi connectivity index (χ2v) is 9.40. The first-order chi connectivity index (χ1) is 16.5. The van der Waals surface area contributed by atoms with Gasteiger partial charge in [0.1, 0.15) is 16.7 Å². The van der Waals surface area contributed by atoms with Gasteiger partial charge < -0.3 is 5.32 Å². The fourth-order valence-corrected chi connectivity index (χ4v) is 5.12. The molecule has 0 radical (unpaired) electrons. The minimum atomic E-state index is -0.490. The predicted octanol–water partition coefficient (Wildman–Crippen LogP) is 5.05. The van der Waals surface area contributed by atoms with Crippen molar-refractivity contribution in [3.05, 3.63) is 112 Å². The number of aryl methyl sites for hydroxylation is 2. The third-order valence-corrected chi connectivity index (χ3v) is 7.02. The maximum Gasteiger partial charge on any atom is 0.264 e. The molecule has 1 saturated heterocycles. The third-order valence-electron chi connectivity index (χ3n) is 5.76. The summed E-state index contributed by atoms with van der Waals surface area (Å²) >= 11 is 1.28. The van der Waals surface area contributed by atoms with Crippen LogP contribution in [0.4, 0.5) is 5.69 Å². The van der Waals surface area contributed by atoms with Crippen molar-refractivity contribution in [1.29, 1.82) is 5.26 Å². The van der Waals surface area contributed by atoms with Gasteiger partial charge in [-0.1, -0.05) is 84.1 Å². The molecule has 0 aliphatic carbocycles. The van der Waals surface area contributed by atoms with E-state index < -0.39 is 11.2 Å². The second-order valence-electron chi connectivity index (χ2n) is 8.21. The first-order valence-electron chi connectivity index (χ1n) is 11.1. The first kappa shape index (κ1) is 23.3. The topological polar surface area (TPSA) is 73.2 Å². The number of amides is 2. The number of carbonyl (C=O) groups excluding carboxylic acids is 2. The smallest absolute Gasteiger partial charge is 0.264 e. The molecule has 34 heavy (non-hydrogen) atoms. The Balaban J connectivity index is 1.68. The molecule has 1 aliphatic heterocycles. The van der Waals surface area contributed by atoms with E-state index in [-0.39, 0.29) is 11.5 Å². The zero-order chi connectivity index (χ0) is 24.1. The third kappa shape index (κ3) is 5.05. The maximum atomic E-state index is 13.6. The Kier molecular flexibility index (Phi) is 7.15. The van der Waals surface area contributed by atoms with Crippen molar-refractivity contribution in [2.45, 2.75) is 32.1 Å². The van der Waals surface area contributed by atoms with Crippen LogP contribution in [0.15, 0.2) is 89.5 Å². The number of rotatable bonds is 6. The molecular weight excluding hydrogens is 442 g/mol. The molecule has 1 atom stereocenters. The minimum Gasteiger partial charge on any atom is -0.347 e. The van der Waals surface area contributed by atoms with Crippen LogP contribution in [0.2, 0.25) is 0 Å². The Morgan fingerprint density at radius 1 is 1.00 bits per heavy atom. The highest BCUT2D eigenvalue weighted by Crippen LogP contribution is 2.42. The van der Waals surface area contributed by atoms with E-state index in [0.717, 1.165) is 22.3 Å². The number of nitrogens with one attached hydrogen (secondary N) is 1. The van der Waals surface area contributed by atoms with Gasteiger partial charge in [0.2, 0.25) is 5.91 Å². The molecule has 2 amide bonds. The zero-order valence-corrected chi connectivity index (χ0v) is 19.9. The quantitative estimate of drug-likeness (QED) is 0.407. The monoisotopic (exact) mass is 467 g/mol. The summed E-state index contributed by atoms with van der Waals surface area (Å²) < 4.78 is 0. The number of anilines is 1. The summed E-state index contributed by atoms with van der Waals surface area (Å²) in [5.41, 5.74) is 4.77. The van der Waals surface area contributed by atoms with Gasteiger partial charge in [0.25, 0.3) is 5.91 Å². The summed E-state index contributed by atoms with van der Waals surface area (Å²) in [4.78, 5) is 28.1. The van der Waals surface area contributed by atoms with Crippen LogP contribution < -0.4 is 10.2 Å². The molecule has 4 rings (SSSR count). The van der Waals surface area contributed by atoms with Crippen LogP contribution in [0.5, 0.6) is 0 Å². The number of nitriles is 1. The number of benzene rings is 3. The fourth-order valence-electron chi connectivity index (χ4n) is 3.82. The van der Waals surface area contributed by atoms with Gasteiger partial charge >= 0.3 is 0 Å². The van der Waals surface area contributed by atoms with Crippen molar-refractivity contribution < 1.29 is 9.59 Å². The van der Waals surface area contributed by atoms with Crippen LogP contribution in [-0.4, -0.2) is 17.1 Å². The van der Waals surface area contributed by atoms with Crippen LogP contribution in [0.25, 0.3) is 0 Å². The maximum absolute atomic E-state index is 13.6. The van der Waals surface area contributed by atoms with Gasteiger partial charge in [0.15, 0.2) is 0 Å². The highest BCUT2D eigenvalue weighted by molar-refractivity contribution is 8.05. The van der Waals surface area contributed by atoms with E-state index >= 15 is 0 Å².